The highest BCUT2D eigenvalue weighted by molar-refractivity contribution is 7.99. The van der Waals surface area contributed by atoms with Crippen LogP contribution in [0, 0.1) is 0 Å². The topological polar surface area (TPSA) is 35.5 Å². The fourth-order valence-electron chi connectivity index (χ4n) is 1.40. The summed E-state index contributed by atoms with van der Waals surface area (Å²) in [5.74, 6) is 2.57. The van der Waals surface area contributed by atoms with Gasteiger partial charge in [-0.1, -0.05) is 18.5 Å². The minimum Gasteiger partial charge on any atom is -0.454 e. The highest BCUT2D eigenvalue weighted by atomic mass is 35.5. The van der Waals surface area contributed by atoms with Crippen LogP contribution in [0.4, 0.5) is 0 Å². The molecule has 1 aromatic rings. The molecule has 0 spiro atoms. The third-order valence-electron chi connectivity index (χ3n) is 2.20. The van der Waals surface area contributed by atoms with Crippen molar-refractivity contribution in [3.05, 3.63) is 22.7 Å². The van der Waals surface area contributed by atoms with Crippen LogP contribution in [0.1, 0.15) is 17.3 Å². The Morgan fingerprint density at radius 2 is 2.12 bits per heavy atom. The maximum Gasteiger partial charge on any atom is 0.231 e. The minimum absolute atomic E-state index is 0.0233. The maximum absolute atomic E-state index is 11.8. The van der Waals surface area contributed by atoms with E-state index in [1.54, 1.807) is 23.9 Å². The van der Waals surface area contributed by atoms with Gasteiger partial charge in [0.15, 0.2) is 17.3 Å². The first kappa shape index (κ1) is 11.6. The van der Waals surface area contributed by atoms with E-state index in [-0.39, 0.29) is 12.6 Å². The SMILES string of the molecule is CCSCC(=O)c1cc2c(cc1Cl)OCO2. The van der Waals surface area contributed by atoms with E-state index in [1.165, 1.54) is 0 Å². The lowest BCUT2D eigenvalue weighted by Crippen LogP contribution is -2.03. The Hall–Kier alpha value is -0.870. The molecule has 2 rings (SSSR count). The minimum atomic E-state index is 0.0233. The molecule has 0 saturated heterocycles. The van der Waals surface area contributed by atoms with E-state index in [0.717, 1.165) is 5.75 Å². The summed E-state index contributed by atoms with van der Waals surface area (Å²) in [6.45, 7) is 2.20. The molecule has 0 aromatic heterocycles. The molecular formula is C11H11ClO3S. The van der Waals surface area contributed by atoms with Gasteiger partial charge in [0.05, 0.1) is 10.8 Å². The Morgan fingerprint density at radius 3 is 2.81 bits per heavy atom. The number of hydrogen-bond acceptors (Lipinski definition) is 4. The van der Waals surface area contributed by atoms with Crippen LogP contribution in [0.3, 0.4) is 0 Å². The molecule has 1 heterocycles. The van der Waals surface area contributed by atoms with Crippen molar-refractivity contribution in [1.82, 2.24) is 0 Å². The molecule has 1 aromatic carbocycles. The van der Waals surface area contributed by atoms with Crippen LogP contribution in [-0.4, -0.2) is 24.1 Å². The van der Waals surface area contributed by atoms with Crippen LogP contribution in [0.2, 0.25) is 5.02 Å². The van der Waals surface area contributed by atoms with Gasteiger partial charge in [-0.15, -0.1) is 0 Å². The molecule has 86 valence electrons. The van der Waals surface area contributed by atoms with Crippen molar-refractivity contribution in [2.45, 2.75) is 6.92 Å². The number of carbonyl (C=O) groups excluding carboxylic acids is 1. The summed E-state index contributed by atoms with van der Waals surface area (Å²) in [5.41, 5.74) is 0.506. The van der Waals surface area contributed by atoms with Crippen LogP contribution in [0.15, 0.2) is 12.1 Å². The van der Waals surface area contributed by atoms with Gasteiger partial charge >= 0.3 is 0 Å². The van der Waals surface area contributed by atoms with E-state index in [9.17, 15) is 4.79 Å². The molecular weight excluding hydrogens is 248 g/mol. The van der Waals surface area contributed by atoms with E-state index in [1.807, 2.05) is 6.92 Å². The summed E-state index contributed by atoms with van der Waals surface area (Å²) >= 11 is 7.59. The van der Waals surface area contributed by atoms with E-state index < -0.39 is 0 Å². The number of Topliss-reactive ketones (excluding diaryl/α,β-unsaturated/α-hetero) is 1. The molecule has 0 fully saturated rings. The number of carbonyl (C=O) groups is 1. The van der Waals surface area contributed by atoms with Gasteiger partial charge in [-0.3, -0.25) is 4.79 Å². The number of halogens is 1. The second kappa shape index (κ2) is 4.97. The number of ether oxygens (including phenoxy) is 2. The Balaban J connectivity index is 2.24. The summed E-state index contributed by atoms with van der Waals surface area (Å²) < 4.78 is 10.4. The molecule has 3 nitrogen and oxygen atoms in total. The fraction of sp³-hybridized carbons (Fsp3) is 0.364. The van der Waals surface area contributed by atoms with Gasteiger partial charge in [0, 0.05) is 11.6 Å². The predicted molar refractivity (Wildman–Crippen MR) is 64.9 cm³/mol. The summed E-state index contributed by atoms with van der Waals surface area (Å²) in [6.07, 6.45) is 0. The zero-order chi connectivity index (χ0) is 11.5. The van der Waals surface area contributed by atoms with Crippen LogP contribution in [0.5, 0.6) is 11.5 Å². The van der Waals surface area contributed by atoms with Crippen LogP contribution in [-0.2, 0) is 0 Å². The van der Waals surface area contributed by atoms with Crippen molar-refractivity contribution in [3.8, 4) is 11.5 Å². The molecule has 5 heteroatoms. The molecule has 1 aliphatic heterocycles. The Bertz CT molecular complexity index is 420. The Kier molecular flexibility index (Phi) is 3.61. The summed E-state index contributed by atoms with van der Waals surface area (Å²) in [6, 6.07) is 3.29. The number of ketones is 1. The van der Waals surface area contributed by atoms with E-state index in [2.05, 4.69) is 0 Å². The quantitative estimate of drug-likeness (QED) is 0.778. The summed E-state index contributed by atoms with van der Waals surface area (Å²) in [5, 5.41) is 0.422. The lowest BCUT2D eigenvalue weighted by atomic mass is 10.1. The van der Waals surface area contributed by atoms with Crippen molar-refractivity contribution in [2.24, 2.45) is 0 Å². The van der Waals surface area contributed by atoms with E-state index in [0.29, 0.717) is 27.8 Å². The average molecular weight is 259 g/mol. The Morgan fingerprint density at radius 1 is 1.44 bits per heavy atom. The van der Waals surface area contributed by atoms with E-state index >= 15 is 0 Å². The normalized spacial score (nSPS) is 12.9. The zero-order valence-corrected chi connectivity index (χ0v) is 10.4. The summed E-state index contributed by atoms with van der Waals surface area (Å²) in [4.78, 5) is 11.8. The van der Waals surface area contributed by atoms with Gasteiger partial charge in [-0.2, -0.15) is 11.8 Å². The lowest BCUT2D eigenvalue weighted by Gasteiger charge is -2.04. The van der Waals surface area contributed by atoms with Crippen molar-refractivity contribution in [2.75, 3.05) is 18.3 Å². The molecule has 0 atom stereocenters. The van der Waals surface area contributed by atoms with Crippen LogP contribution < -0.4 is 9.47 Å². The summed E-state index contributed by atoms with van der Waals surface area (Å²) in [7, 11) is 0. The zero-order valence-electron chi connectivity index (χ0n) is 8.79. The van der Waals surface area contributed by atoms with Crippen molar-refractivity contribution in [1.29, 1.82) is 0 Å². The number of rotatable bonds is 4. The van der Waals surface area contributed by atoms with Crippen molar-refractivity contribution >= 4 is 29.1 Å². The molecule has 16 heavy (non-hydrogen) atoms. The molecule has 0 saturated carbocycles. The number of hydrogen-bond donors (Lipinski definition) is 0. The number of fused-ring (bicyclic) bond motifs is 1. The highest BCUT2D eigenvalue weighted by Crippen LogP contribution is 2.37. The smallest absolute Gasteiger partial charge is 0.231 e. The molecule has 0 aliphatic carbocycles. The van der Waals surface area contributed by atoms with Gasteiger partial charge in [-0.05, 0) is 11.8 Å². The number of thioether (sulfide) groups is 1. The Labute approximate surface area is 103 Å². The molecule has 0 amide bonds. The third-order valence-corrected chi connectivity index (χ3v) is 3.39. The molecule has 0 N–H and O–H groups in total. The second-order valence-corrected chi connectivity index (χ2v) is 4.93. The third kappa shape index (κ3) is 2.28. The van der Waals surface area contributed by atoms with Crippen molar-refractivity contribution in [3.63, 3.8) is 0 Å². The van der Waals surface area contributed by atoms with Gasteiger partial charge in [-0.25, -0.2) is 0 Å². The van der Waals surface area contributed by atoms with Gasteiger partial charge in [0.1, 0.15) is 0 Å². The molecule has 0 bridgehead atoms. The van der Waals surface area contributed by atoms with Gasteiger partial charge in [0.25, 0.3) is 0 Å². The van der Waals surface area contributed by atoms with Gasteiger partial charge < -0.3 is 9.47 Å². The van der Waals surface area contributed by atoms with Crippen molar-refractivity contribution < 1.29 is 14.3 Å². The van der Waals surface area contributed by atoms with Crippen LogP contribution >= 0.6 is 23.4 Å². The molecule has 0 unspecified atom stereocenters. The second-order valence-electron chi connectivity index (χ2n) is 3.25. The highest BCUT2D eigenvalue weighted by Gasteiger charge is 2.19. The first-order chi connectivity index (χ1) is 7.72. The predicted octanol–water partition coefficient (Wildman–Crippen LogP) is 3.00. The maximum atomic E-state index is 11.8. The lowest BCUT2D eigenvalue weighted by molar-refractivity contribution is 0.102. The number of benzene rings is 1. The van der Waals surface area contributed by atoms with Crippen LogP contribution in [0.25, 0.3) is 0 Å². The average Bonchev–Trinajstić information content (AvgIpc) is 2.71. The first-order valence-electron chi connectivity index (χ1n) is 4.92. The monoisotopic (exact) mass is 258 g/mol. The molecule has 1 aliphatic rings. The standard InChI is InChI=1S/C11H11ClO3S/c1-2-16-5-9(13)7-3-10-11(4-8(7)12)15-6-14-10/h3-4H,2,5-6H2,1H3. The van der Waals surface area contributed by atoms with E-state index in [4.69, 9.17) is 21.1 Å². The largest absolute Gasteiger partial charge is 0.454 e. The van der Waals surface area contributed by atoms with Gasteiger partial charge in [0.2, 0.25) is 6.79 Å². The molecule has 0 radical (unpaired) electrons. The first-order valence-corrected chi connectivity index (χ1v) is 6.45. The fourth-order valence-corrected chi connectivity index (χ4v) is 2.21.